The Hall–Kier alpha value is -2.95. The number of amides is 1. The van der Waals surface area contributed by atoms with E-state index in [2.05, 4.69) is 12.2 Å². The Morgan fingerprint density at radius 3 is 1.90 bits per heavy atom. The smallest absolute Gasteiger partial charge is 0.326 e. The molecule has 0 saturated heterocycles. The largest absolute Gasteiger partial charge is 0.480 e. The third kappa shape index (κ3) is 7.47. The zero-order chi connectivity index (χ0) is 21.8. The van der Waals surface area contributed by atoms with Crippen molar-refractivity contribution >= 4 is 17.7 Å². The summed E-state index contributed by atoms with van der Waals surface area (Å²) in [5, 5.41) is 12.0. The van der Waals surface area contributed by atoms with Gasteiger partial charge in [-0.3, -0.25) is 9.59 Å². The topological polar surface area (TPSA) is 83.5 Å². The predicted molar refractivity (Wildman–Crippen MR) is 118 cm³/mol. The first-order valence-electron chi connectivity index (χ1n) is 10.8. The maximum atomic E-state index is 12.5. The van der Waals surface area contributed by atoms with Crippen molar-refractivity contribution in [2.45, 2.75) is 64.3 Å². The zero-order valence-corrected chi connectivity index (χ0v) is 17.6. The minimum absolute atomic E-state index is 0.120. The van der Waals surface area contributed by atoms with Crippen molar-refractivity contribution < 1.29 is 19.5 Å². The molecule has 1 atom stereocenters. The summed E-state index contributed by atoms with van der Waals surface area (Å²) in [6.45, 7) is 2.18. The monoisotopic (exact) mass is 409 g/mol. The van der Waals surface area contributed by atoms with E-state index in [1.54, 1.807) is 48.5 Å². The van der Waals surface area contributed by atoms with Gasteiger partial charge in [-0.25, -0.2) is 4.79 Å². The molecular formula is C25H31NO4. The summed E-state index contributed by atoms with van der Waals surface area (Å²) in [4.78, 5) is 36.4. The average Bonchev–Trinajstić information content (AvgIpc) is 2.77. The molecule has 0 aliphatic rings. The number of unbranched alkanes of at least 4 members (excludes halogenated alkanes) is 6. The second-order valence-corrected chi connectivity index (χ2v) is 7.55. The molecule has 0 spiro atoms. The Balaban J connectivity index is 1.86. The minimum atomic E-state index is -1.02. The number of aliphatic carboxylic acids is 1. The van der Waals surface area contributed by atoms with Crippen molar-refractivity contribution in [3.8, 4) is 0 Å². The highest BCUT2D eigenvalue weighted by molar-refractivity contribution is 6.09. The van der Waals surface area contributed by atoms with Crippen molar-refractivity contribution in [3.05, 3.63) is 71.3 Å². The highest BCUT2D eigenvalue weighted by Gasteiger charge is 2.20. The average molecular weight is 410 g/mol. The van der Waals surface area contributed by atoms with Crippen molar-refractivity contribution in [1.82, 2.24) is 5.32 Å². The first kappa shape index (κ1) is 23.3. The maximum absolute atomic E-state index is 12.5. The third-order valence-corrected chi connectivity index (χ3v) is 5.15. The van der Waals surface area contributed by atoms with Crippen LogP contribution in [-0.4, -0.2) is 28.8 Å². The summed E-state index contributed by atoms with van der Waals surface area (Å²) >= 11 is 0. The molecule has 1 amide bonds. The standard InChI is InChI=1S/C25H31NO4/c1-2-3-4-5-6-7-11-14-22(25(29)30)26-24(28)21-17-15-20(16-18-21)23(27)19-12-9-8-10-13-19/h8-10,12-13,15-18,22H,2-7,11,14H2,1H3,(H,26,28)(H,29,30). The molecule has 5 nitrogen and oxygen atoms in total. The molecule has 0 fully saturated rings. The van der Waals surface area contributed by atoms with Gasteiger partial charge in [-0.15, -0.1) is 0 Å². The molecule has 1 unspecified atom stereocenters. The van der Waals surface area contributed by atoms with E-state index in [0.29, 0.717) is 23.1 Å². The van der Waals surface area contributed by atoms with Crippen LogP contribution in [0.5, 0.6) is 0 Å². The Morgan fingerprint density at radius 1 is 0.767 bits per heavy atom. The SMILES string of the molecule is CCCCCCCCCC(NC(=O)c1ccc(C(=O)c2ccccc2)cc1)C(=O)O. The highest BCUT2D eigenvalue weighted by Crippen LogP contribution is 2.13. The molecule has 0 aromatic heterocycles. The summed E-state index contributed by atoms with van der Waals surface area (Å²) in [7, 11) is 0. The summed E-state index contributed by atoms with van der Waals surface area (Å²) in [6.07, 6.45) is 8.09. The van der Waals surface area contributed by atoms with E-state index in [0.717, 1.165) is 19.3 Å². The van der Waals surface area contributed by atoms with E-state index in [-0.39, 0.29) is 5.78 Å². The van der Waals surface area contributed by atoms with Crippen LogP contribution in [0, 0.1) is 0 Å². The Morgan fingerprint density at radius 2 is 1.30 bits per heavy atom. The predicted octanol–water partition coefficient (Wildman–Crippen LogP) is 5.24. The second-order valence-electron chi connectivity index (χ2n) is 7.55. The van der Waals surface area contributed by atoms with E-state index in [9.17, 15) is 19.5 Å². The van der Waals surface area contributed by atoms with Crippen LogP contribution in [0.2, 0.25) is 0 Å². The van der Waals surface area contributed by atoms with Gasteiger partial charge in [0.05, 0.1) is 0 Å². The van der Waals surface area contributed by atoms with Gasteiger partial charge < -0.3 is 10.4 Å². The van der Waals surface area contributed by atoms with Gasteiger partial charge in [0.1, 0.15) is 6.04 Å². The van der Waals surface area contributed by atoms with E-state index >= 15 is 0 Å². The molecule has 0 radical (unpaired) electrons. The Bertz CT molecular complexity index is 815. The van der Waals surface area contributed by atoms with E-state index in [4.69, 9.17) is 0 Å². The summed E-state index contributed by atoms with van der Waals surface area (Å²) in [6, 6.07) is 14.3. The van der Waals surface area contributed by atoms with E-state index < -0.39 is 17.9 Å². The molecule has 0 aliphatic carbocycles. The van der Waals surface area contributed by atoms with Gasteiger partial charge in [-0.05, 0) is 18.6 Å². The van der Waals surface area contributed by atoms with Crippen LogP contribution in [0.3, 0.4) is 0 Å². The van der Waals surface area contributed by atoms with Crippen molar-refractivity contribution in [3.63, 3.8) is 0 Å². The quantitative estimate of drug-likeness (QED) is 0.350. The molecule has 160 valence electrons. The van der Waals surface area contributed by atoms with Crippen molar-refractivity contribution in [2.75, 3.05) is 0 Å². The molecule has 2 rings (SSSR count). The lowest BCUT2D eigenvalue weighted by Crippen LogP contribution is -2.40. The molecule has 0 heterocycles. The maximum Gasteiger partial charge on any atom is 0.326 e. The zero-order valence-electron chi connectivity index (χ0n) is 17.6. The molecule has 0 bridgehead atoms. The number of carboxylic acid groups (broad SMARTS) is 1. The lowest BCUT2D eigenvalue weighted by atomic mass is 10.0. The fourth-order valence-electron chi connectivity index (χ4n) is 3.33. The van der Waals surface area contributed by atoms with E-state index in [1.807, 2.05) is 6.07 Å². The van der Waals surface area contributed by atoms with Gasteiger partial charge in [0, 0.05) is 16.7 Å². The normalized spacial score (nSPS) is 11.6. The summed E-state index contributed by atoms with van der Waals surface area (Å²) < 4.78 is 0. The fourth-order valence-corrected chi connectivity index (χ4v) is 3.33. The number of carbonyl (C=O) groups is 3. The first-order chi connectivity index (χ1) is 14.5. The number of carbonyl (C=O) groups excluding carboxylic acids is 2. The lowest BCUT2D eigenvalue weighted by molar-refractivity contribution is -0.139. The Labute approximate surface area is 178 Å². The van der Waals surface area contributed by atoms with Gasteiger partial charge in [0.2, 0.25) is 0 Å². The van der Waals surface area contributed by atoms with Gasteiger partial charge in [0.15, 0.2) is 5.78 Å². The number of nitrogens with one attached hydrogen (secondary N) is 1. The lowest BCUT2D eigenvalue weighted by Gasteiger charge is -2.14. The molecule has 30 heavy (non-hydrogen) atoms. The summed E-state index contributed by atoms with van der Waals surface area (Å²) in [5.74, 6) is -1.58. The van der Waals surface area contributed by atoms with E-state index in [1.165, 1.54) is 25.7 Å². The molecule has 5 heteroatoms. The molecular weight excluding hydrogens is 378 g/mol. The highest BCUT2D eigenvalue weighted by atomic mass is 16.4. The van der Waals surface area contributed by atoms with Crippen LogP contribution in [0.4, 0.5) is 0 Å². The molecule has 2 aromatic carbocycles. The molecule has 2 aromatic rings. The van der Waals surface area contributed by atoms with Crippen LogP contribution in [-0.2, 0) is 4.79 Å². The van der Waals surface area contributed by atoms with Gasteiger partial charge >= 0.3 is 5.97 Å². The molecule has 2 N–H and O–H groups in total. The second kappa shape index (κ2) is 12.6. The molecule has 0 saturated carbocycles. The van der Waals surface area contributed by atoms with Gasteiger partial charge in [-0.1, -0.05) is 94.3 Å². The minimum Gasteiger partial charge on any atom is -0.480 e. The van der Waals surface area contributed by atoms with Crippen LogP contribution in [0.25, 0.3) is 0 Å². The fraction of sp³-hybridized carbons (Fsp3) is 0.400. The number of hydrogen-bond acceptors (Lipinski definition) is 3. The number of rotatable bonds is 13. The number of carboxylic acids is 1. The number of benzene rings is 2. The molecule has 0 aliphatic heterocycles. The Kier molecular flexibility index (Phi) is 9.78. The van der Waals surface area contributed by atoms with Crippen molar-refractivity contribution in [2.24, 2.45) is 0 Å². The summed E-state index contributed by atoms with van der Waals surface area (Å²) in [5.41, 5.74) is 1.40. The van der Waals surface area contributed by atoms with Crippen LogP contribution < -0.4 is 5.32 Å². The van der Waals surface area contributed by atoms with Crippen LogP contribution in [0.1, 0.15) is 84.6 Å². The van der Waals surface area contributed by atoms with Crippen LogP contribution in [0.15, 0.2) is 54.6 Å². The van der Waals surface area contributed by atoms with Crippen molar-refractivity contribution in [1.29, 1.82) is 0 Å². The first-order valence-corrected chi connectivity index (χ1v) is 10.8. The van der Waals surface area contributed by atoms with Crippen LogP contribution >= 0.6 is 0 Å². The number of hydrogen-bond donors (Lipinski definition) is 2. The van der Waals surface area contributed by atoms with Gasteiger partial charge in [0.25, 0.3) is 5.91 Å². The number of ketones is 1. The third-order valence-electron chi connectivity index (χ3n) is 5.15. The van der Waals surface area contributed by atoms with Gasteiger partial charge in [-0.2, -0.15) is 0 Å².